The van der Waals surface area contributed by atoms with Gasteiger partial charge in [0.25, 0.3) is 0 Å². The molecule has 0 saturated carbocycles. The van der Waals surface area contributed by atoms with E-state index in [1.54, 1.807) is 0 Å². The average Bonchev–Trinajstić information content (AvgIpc) is 2.37. The number of aliphatic hydroxyl groups is 1. The number of nitrogens with one attached hydrogen (secondary N) is 1. The summed E-state index contributed by atoms with van der Waals surface area (Å²) in [5.41, 5.74) is 5.68. The van der Waals surface area contributed by atoms with Crippen molar-refractivity contribution in [3.05, 3.63) is 22.4 Å². The van der Waals surface area contributed by atoms with Gasteiger partial charge in [-0.2, -0.15) is 11.8 Å². The second-order valence-corrected chi connectivity index (χ2v) is 7.72. The number of aliphatic hydroxyl groups excluding tert-OH is 1. The van der Waals surface area contributed by atoms with Crippen LogP contribution in [0.15, 0.2) is 21.5 Å². The highest BCUT2D eigenvalue weighted by Crippen LogP contribution is 2.25. The van der Waals surface area contributed by atoms with Gasteiger partial charge in [0.2, 0.25) is 10.0 Å². The van der Waals surface area contributed by atoms with Crippen molar-refractivity contribution in [3.8, 4) is 0 Å². The molecule has 0 spiro atoms. The molecule has 0 heterocycles. The van der Waals surface area contributed by atoms with E-state index in [1.165, 1.54) is 17.8 Å². The second-order valence-electron chi connectivity index (χ2n) is 3.90. The molecule has 1 aromatic rings. The topological polar surface area (TPSA) is 92.4 Å². The van der Waals surface area contributed by atoms with Crippen LogP contribution in [-0.2, 0) is 10.0 Å². The summed E-state index contributed by atoms with van der Waals surface area (Å²) in [5, 5.41) is 8.60. The molecule has 0 aliphatic carbocycles. The van der Waals surface area contributed by atoms with Crippen molar-refractivity contribution in [1.82, 2.24) is 4.72 Å². The van der Waals surface area contributed by atoms with Crippen LogP contribution in [0.2, 0.25) is 0 Å². The van der Waals surface area contributed by atoms with Crippen LogP contribution in [0.5, 0.6) is 0 Å². The summed E-state index contributed by atoms with van der Waals surface area (Å²) < 4.78 is 40.1. The van der Waals surface area contributed by atoms with Gasteiger partial charge < -0.3 is 10.8 Å². The highest BCUT2D eigenvalue weighted by molar-refractivity contribution is 9.10. The number of hydrogen-bond donors (Lipinski definition) is 3. The number of benzene rings is 1. The molecule has 114 valence electrons. The van der Waals surface area contributed by atoms with E-state index in [0.717, 1.165) is 11.8 Å². The molecule has 0 saturated heterocycles. The SMILES string of the molecule is Nc1cc(Br)c(F)c(S(=O)(=O)NCCSCCCO)c1. The second kappa shape index (κ2) is 8.18. The molecule has 0 bridgehead atoms. The van der Waals surface area contributed by atoms with Crippen molar-refractivity contribution in [2.75, 3.05) is 30.4 Å². The van der Waals surface area contributed by atoms with Crippen LogP contribution in [0, 0.1) is 5.82 Å². The molecule has 0 amide bonds. The molecule has 5 nitrogen and oxygen atoms in total. The standard InChI is InChI=1S/C11H16BrFN2O3S2/c12-9-6-8(14)7-10(11(9)13)20(17,18)15-2-5-19-4-1-3-16/h6-7,15-16H,1-5,14H2. The zero-order valence-corrected chi connectivity index (χ0v) is 13.8. The number of halogens is 2. The molecule has 4 N–H and O–H groups in total. The van der Waals surface area contributed by atoms with Crippen LogP contribution in [-0.4, -0.2) is 38.2 Å². The van der Waals surface area contributed by atoms with Crippen molar-refractivity contribution in [2.24, 2.45) is 0 Å². The molecular weight excluding hydrogens is 371 g/mol. The fourth-order valence-electron chi connectivity index (χ4n) is 1.37. The largest absolute Gasteiger partial charge is 0.399 e. The summed E-state index contributed by atoms with van der Waals surface area (Å²) >= 11 is 4.43. The quantitative estimate of drug-likeness (QED) is 0.465. The number of rotatable bonds is 8. The van der Waals surface area contributed by atoms with E-state index < -0.39 is 20.7 Å². The third-order valence-corrected chi connectivity index (χ3v) is 5.40. The molecule has 0 radical (unpaired) electrons. The Morgan fingerprint density at radius 1 is 1.40 bits per heavy atom. The maximum absolute atomic E-state index is 13.8. The van der Waals surface area contributed by atoms with Crippen molar-refractivity contribution >= 4 is 43.4 Å². The van der Waals surface area contributed by atoms with Gasteiger partial charge in [-0.25, -0.2) is 17.5 Å². The van der Waals surface area contributed by atoms with E-state index in [4.69, 9.17) is 10.8 Å². The third kappa shape index (κ3) is 5.21. The Bertz CT molecular complexity index is 555. The Morgan fingerprint density at radius 2 is 2.10 bits per heavy atom. The smallest absolute Gasteiger partial charge is 0.243 e. The molecule has 0 aliphatic rings. The maximum atomic E-state index is 13.8. The van der Waals surface area contributed by atoms with Gasteiger partial charge in [0.15, 0.2) is 5.82 Å². The Hall–Kier alpha value is -0.350. The first-order valence-corrected chi connectivity index (χ1v) is 9.24. The van der Waals surface area contributed by atoms with Gasteiger partial charge >= 0.3 is 0 Å². The Labute approximate surface area is 130 Å². The number of sulfonamides is 1. The summed E-state index contributed by atoms with van der Waals surface area (Å²) in [6.07, 6.45) is 0.661. The van der Waals surface area contributed by atoms with Gasteiger partial charge in [0, 0.05) is 24.6 Å². The molecule has 0 aromatic heterocycles. The minimum absolute atomic E-state index is 0.00944. The van der Waals surface area contributed by atoms with E-state index in [-0.39, 0.29) is 23.3 Å². The summed E-state index contributed by atoms with van der Waals surface area (Å²) in [6, 6.07) is 2.39. The van der Waals surface area contributed by atoms with E-state index >= 15 is 0 Å². The van der Waals surface area contributed by atoms with Crippen LogP contribution >= 0.6 is 27.7 Å². The molecule has 1 aromatic carbocycles. The third-order valence-electron chi connectivity index (χ3n) is 2.29. The Morgan fingerprint density at radius 3 is 2.75 bits per heavy atom. The van der Waals surface area contributed by atoms with Gasteiger partial charge in [-0.1, -0.05) is 0 Å². The fourth-order valence-corrected chi connectivity index (χ4v) is 4.06. The highest BCUT2D eigenvalue weighted by Gasteiger charge is 2.21. The molecule has 0 fully saturated rings. The van der Waals surface area contributed by atoms with Crippen LogP contribution in [0.4, 0.5) is 10.1 Å². The van der Waals surface area contributed by atoms with Crippen molar-refractivity contribution in [3.63, 3.8) is 0 Å². The summed E-state index contributed by atoms with van der Waals surface area (Å²) in [4.78, 5) is -0.468. The van der Waals surface area contributed by atoms with Crippen LogP contribution in [0.1, 0.15) is 6.42 Å². The van der Waals surface area contributed by atoms with Crippen LogP contribution < -0.4 is 10.5 Å². The van der Waals surface area contributed by atoms with E-state index in [2.05, 4.69) is 20.7 Å². The van der Waals surface area contributed by atoms with Gasteiger partial charge in [0.05, 0.1) is 4.47 Å². The van der Waals surface area contributed by atoms with Gasteiger partial charge in [-0.3, -0.25) is 0 Å². The Kier molecular flexibility index (Phi) is 7.24. The Balaban J connectivity index is 2.65. The van der Waals surface area contributed by atoms with Crippen LogP contribution in [0.3, 0.4) is 0 Å². The molecule has 0 aliphatic heterocycles. The maximum Gasteiger partial charge on any atom is 0.243 e. The fraction of sp³-hybridized carbons (Fsp3) is 0.455. The number of anilines is 1. The molecule has 0 atom stereocenters. The minimum Gasteiger partial charge on any atom is -0.399 e. The van der Waals surface area contributed by atoms with Crippen LogP contribution in [0.25, 0.3) is 0 Å². The highest BCUT2D eigenvalue weighted by atomic mass is 79.9. The molecule has 9 heteroatoms. The minimum atomic E-state index is -3.93. The first kappa shape index (κ1) is 17.7. The normalized spacial score (nSPS) is 11.8. The monoisotopic (exact) mass is 386 g/mol. The van der Waals surface area contributed by atoms with Crippen molar-refractivity contribution < 1.29 is 17.9 Å². The first-order valence-electron chi connectivity index (χ1n) is 5.81. The molecule has 0 unspecified atom stereocenters. The van der Waals surface area contributed by atoms with Crippen molar-refractivity contribution in [1.29, 1.82) is 0 Å². The van der Waals surface area contributed by atoms with Gasteiger partial charge in [-0.15, -0.1) is 0 Å². The van der Waals surface area contributed by atoms with E-state index in [1.807, 2.05) is 0 Å². The lowest BCUT2D eigenvalue weighted by atomic mass is 10.3. The predicted molar refractivity (Wildman–Crippen MR) is 82.7 cm³/mol. The molecule has 20 heavy (non-hydrogen) atoms. The zero-order chi connectivity index (χ0) is 15.2. The lowest BCUT2D eigenvalue weighted by Gasteiger charge is -2.09. The predicted octanol–water partition coefficient (Wildman–Crippen LogP) is 1.56. The average molecular weight is 387 g/mol. The lowest BCUT2D eigenvalue weighted by molar-refractivity contribution is 0.296. The van der Waals surface area contributed by atoms with E-state index in [0.29, 0.717) is 12.2 Å². The van der Waals surface area contributed by atoms with Crippen molar-refractivity contribution in [2.45, 2.75) is 11.3 Å². The molecule has 1 rings (SSSR count). The summed E-state index contributed by atoms with van der Waals surface area (Å²) in [6.45, 7) is 0.297. The van der Waals surface area contributed by atoms with E-state index in [9.17, 15) is 12.8 Å². The van der Waals surface area contributed by atoms with Gasteiger partial charge in [-0.05, 0) is 40.2 Å². The first-order chi connectivity index (χ1) is 9.38. The van der Waals surface area contributed by atoms with Gasteiger partial charge in [0.1, 0.15) is 4.90 Å². The zero-order valence-electron chi connectivity index (χ0n) is 10.6. The summed E-state index contributed by atoms with van der Waals surface area (Å²) in [7, 11) is -3.93. The molecular formula is C11H16BrFN2O3S2. The number of nitrogen functional groups attached to an aromatic ring is 1. The number of thioether (sulfide) groups is 1. The summed E-state index contributed by atoms with van der Waals surface area (Å²) in [5.74, 6) is 0.431. The lowest BCUT2D eigenvalue weighted by Crippen LogP contribution is -2.27. The number of nitrogens with two attached hydrogens (primary N) is 1. The number of hydrogen-bond acceptors (Lipinski definition) is 5.